The fraction of sp³-hybridized carbons (Fsp3) is 0.385. The first-order valence-corrected chi connectivity index (χ1v) is 7.13. The number of halogens is 4. The van der Waals surface area contributed by atoms with Gasteiger partial charge in [0.1, 0.15) is 18.7 Å². The smallest absolute Gasteiger partial charge is 0.299 e. The first kappa shape index (κ1) is 15.8. The SMILES string of the molecule is CCC(Sc1nncn1CC(F)(F)F)c1ccc(F)cc1. The van der Waals surface area contributed by atoms with Crippen molar-refractivity contribution in [2.45, 2.75) is 36.5 Å². The lowest BCUT2D eigenvalue weighted by molar-refractivity contribution is -0.142. The maximum atomic E-state index is 12.9. The molecule has 3 nitrogen and oxygen atoms in total. The van der Waals surface area contributed by atoms with E-state index in [1.54, 1.807) is 12.1 Å². The number of benzene rings is 1. The zero-order valence-electron chi connectivity index (χ0n) is 11.1. The number of thioether (sulfide) groups is 1. The van der Waals surface area contributed by atoms with Crippen LogP contribution in [0.5, 0.6) is 0 Å². The highest BCUT2D eigenvalue weighted by atomic mass is 32.2. The second-order valence-corrected chi connectivity index (χ2v) is 5.59. The summed E-state index contributed by atoms with van der Waals surface area (Å²) in [6, 6.07) is 5.92. The van der Waals surface area contributed by atoms with Crippen LogP contribution in [0, 0.1) is 5.82 Å². The molecule has 0 saturated carbocycles. The summed E-state index contributed by atoms with van der Waals surface area (Å²) in [7, 11) is 0. The topological polar surface area (TPSA) is 30.7 Å². The standard InChI is InChI=1S/C13H13F4N3S/c1-2-11(9-3-5-10(14)6-4-9)21-12-19-18-8-20(12)7-13(15,16)17/h3-6,8,11H,2,7H2,1H3. The van der Waals surface area contributed by atoms with Gasteiger partial charge >= 0.3 is 6.18 Å². The minimum Gasteiger partial charge on any atom is -0.299 e. The Bertz CT molecular complexity index is 580. The van der Waals surface area contributed by atoms with Gasteiger partial charge in [-0.15, -0.1) is 10.2 Å². The molecule has 1 atom stereocenters. The van der Waals surface area contributed by atoms with Crippen molar-refractivity contribution < 1.29 is 17.6 Å². The second-order valence-electron chi connectivity index (χ2n) is 4.42. The summed E-state index contributed by atoms with van der Waals surface area (Å²) in [5.41, 5.74) is 0.838. The predicted octanol–water partition coefficient (Wildman–Crippen LogP) is 4.22. The van der Waals surface area contributed by atoms with Gasteiger partial charge in [-0.1, -0.05) is 30.8 Å². The molecule has 0 radical (unpaired) electrons. The minimum absolute atomic E-state index is 0.109. The van der Waals surface area contributed by atoms with Crippen LogP contribution in [0.15, 0.2) is 35.7 Å². The number of rotatable bonds is 5. The molecular weight excluding hydrogens is 306 g/mol. The molecule has 21 heavy (non-hydrogen) atoms. The molecule has 114 valence electrons. The Hall–Kier alpha value is -1.57. The van der Waals surface area contributed by atoms with Gasteiger partial charge in [-0.25, -0.2) is 4.39 Å². The van der Waals surface area contributed by atoms with E-state index in [1.165, 1.54) is 23.9 Å². The Morgan fingerprint density at radius 1 is 1.24 bits per heavy atom. The molecular formula is C13H13F4N3S. The van der Waals surface area contributed by atoms with E-state index in [4.69, 9.17) is 0 Å². The molecule has 0 fully saturated rings. The zero-order valence-corrected chi connectivity index (χ0v) is 12.0. The maximum absolute atomic E-state index is 12.9. The summed E-state index contributed by atoms with van der Waals surface area (Å²) >= 11 is 1.19. The molecule has 0 N–H and O–H groups in total. The van der Waals surface area contributed by atoms with Crippen molar-refractivity contribution >= 4 is 11.8 Å². The Morgan fingerprint density at radius 3 is 2.48 bits per heavy atom. The van der Waals surface area contributed by atoms with Crippen LogP contribution in [-0.2, 0) is 6.54 Å². The second kappa shape index (κ2) is 6.46. The maximum Gasteiger partial charge on any atom is 0.406 e. The highest BCUT2D eigenvalue weighted by molar-refractivity contribution is 7.99. The van der Waals surface area contributed by atoms with Crippen LogP contribution in [0.25, 0.3) is 0 Å². The molecule has 8 heteroatoms. The zero-order chi connectivity index (χ0) is 15.5. The molecule has 1 unspecified atom stereocenters. The fourth-order valence-electron chi connectivity index (χ4n) is 1.83. The van der Waals surface area contributed by atoms with Gasteiger partial charge in [0.15, 0.2) is 5.16 Å². The van der Waals surface area contributed by atoms with Gasteiger partial charge in [0.25, 0.3) is 0 Å². The van der Waals surface area contributed by atoms with Crippen LogP contribution in [0.3, 0.4) is 0 Å². The van der Waals surface area contributed by atoms with Crippen LogP contribution < -0.4 is 0 Å². The highest BCUT2D eigenvalue weighted by Crippen LogP contribution is 2.37. The van der Waals surface area contributed by atoms with Crippen LogP contribution in [-0.4, -0.2) is 20.9 Å². The molecule has 0 aliphatic carbocycles. The summed E-state index contributed by atoms with van der Waals surface area (Å²) in [5.74, 6) is -0.348. The van der Waals surface area contributed by atoms with Crippen LogP contribution >= 0.6 is 11.8 Å². The summed E-state index contributed by atoms with van der Waals surface area (Å²) in [5, 5.41) is 7.35. The van der Waals surface area contributed by atoms with Gasteiger partial charge in [-0.3, -0.25) is 4.57 Å². The molecule has 0 bridgehead atoms. The van der Waals surface area contributed by atoms with Gasteiger partial charge in [0.2, 0.25) is 0 Å². The molecule has 0 aliphatic rings. The van der Waals surface area contributed by atoms with E-state index in [1.807, 2.05) is 6.92 Å². The van der Waals surface area contributed by atoms with Crippen molar-refractivity contribution in [3.63, 3.8) is 0 Å². The first-order chi connectivity index (χ1) is 9.89. The molecule has 0 amide bonds. The number of hydrogen-bond donors (Lipinski definition) is 0. The third kappa shape index (κ3) is 4.45. The van der Waals surface area contributed by atoms with Crippen molar-refractivity contribution in [3.8, 4) is 0 Å². The number of nitrogens with zero attached hydrogens (tertiary/aromatic N) is 3. The average molecular weight is 319 g/mol. The lowest BCUT2D eigenvalue weighted by Gasteiger charge is -2.15. The molecule has 0 saturated heterocycles. The normalized spacial score (nSPS) is 13.4. The molecule has 2 rings (SSSR count). The van der Waals surface area contributed by atoms with E-state index < -0.39 is 12.7 Å². The van der Waals surface area contributed by atoms with Crippen molar-refractivity contribution in [2.24, 2.45) is 0 Å². The average Bonchev–Trinajstić information content (AvgIpc) is 2.82. The molecule has 1 aromatic heterocycles. The van der Waals surface area contributed by atoms with Crippen LogP contribution in [0.1, 0.15) is 24.2 Å². The van der Waals surface area contributed by atoms with Gasteiger partial charge < -0.3 is 0 Å². The highest BCUT2D eigenvalue weighted by Gasteiger charge is 2.29. The molecule has 1 heterocycles. The Balaban J connectivity index is 2.16. The van der Waals surface area contributed by atoms with Crippen molar-refractivity contribution in [1.82, 2.24) is 14.8 Å². The first-order valence-electron chi connectivity index (χ1n) is 6.25. The van der Waals surface area contributed by atoms with E-state index in [0.717, 1.165) is 16.5 Å². The third-order valence-corrected chi connectivity index (χ3v) is 4.21. The van der Waals surface area contributed by atoms with Crippen molar-refractivity contribution in [2.75, 3.05) is 0 Å². The van der Waals surface area contributed by atoms with Gasteiger partial charge in [-0.2, -0.15) is 13.2 Å². The Morgan fingerprint density at radius 2 is 1.90 bits per heavy atom. The quantitative estimate of drug-likeness (QED) is 0.610. The van der Waals surface area contributed by atoms with Crippen molar-refractivity contribution in [3.05, 3.63) is 42.0 Å². The Labute approximate surface area is 123 Å². The third-order valence-electron chi connectivity index (χ3n) is 2.79. The summed E-state index contributed by atoms with van der Waals surface area (Å²) in [6.45, 7) is 0.785. The van der Waals surface area contributed by atoms with Crippen molar-refractivity contribution in [1.29, 1.82) is 0 Å². The summed E-state index contributed by atoms with van der Waals surface area (Å²) in [6.07, 6.45) is -2.59. The number of alkyl halides is 3. The molecule has 1 aromatic carbocycles. The molecule has 2 aromatic rings. The van der Waals surface area contributed by atoms with Gasteiger partial charge in [-0.05, 0) is 24.1 Å². The molecule has 0 aliphatic heterocycles. The minimum atomic E-state index is -4.32. The van der Waals surface area contributed by atoms with E-state index in [-0.39, 0.29) is 16.2 Å². The molecule has 0 spiro atoms. The lowest BCUT2D eigenvalue weighted by atomic mass is 10.1. The van der Waals surface area contributed by atoms with Crippen LogP contribution in [0.2, 0.25) is 0 Å². The fourth-order valence-corrected chi connectivity index (χ4v) is 2.88. The van der Waals surface area contributed by atoms with E-state index >= 15 is 0 Å². The van der Waals surface area contributed by atoms with E-state index in [2.05, 4.69) is 10.2 Å². The summed E-state index contributed by atoms with van der Waals surface area (Å²) < 4.78 is 51.3. The van der Waals surface area contributed by atoms with Gasteiger partial charge in [0, 0.05) is 5.25 Å². The number of hydrogen-bond acceptors (Lipinski definition) is 3. The monoisotopic (exact) mass is 319 g/mol. The van der Waals surface area contributed by atoms with Gasteiger partial charge in [0.05, 0.1) is 0 Å². The largest absolute Gasteiger partial charge is 0.406 e. The predicted molar refractivity (Wildman–Crippen MR) is 71.4 cm³/mol. The lowest BCUT2D eigenvalue weighted by Crippen LogP contribution is -2.17. The van der Waals surface area contributed by atoms with E-state index in [9.17, 15) is 17.6 Å². The summed E-state index contributed by atoms with van der Waals surface area (Å²) in [4.78, 5) is 0. The van der Waals surface area contributed by atoms with E-state index in [0.29, 0.717) is 6.42 Å². The van der Waals surface area contributed by atoms with Crippen LogP contribution in [0.4, 0.5) is 17.6 Å². The number of aromatic nitrogens is 3. The Kier molecular flexibility index (Phi) is 4.87.